The Bertz CT molecular complexity index is 1050. The largest absolute Gasteiger partial charge is 0.507 e. The van der Waals surface area contributed by atoms with Crippen LogP contribution >= 0.6 is 0 Å². The van der Waals surface area contributed by atoms with Crippen molar-refractivity contribution in [3.05, 3.63) is 70.8 Å². The Morgan fingerprint density at radius 1 is 1.18 bits per heavy atom. The van der Waals surface area contributed by atoms with Gasteiger partial charge in [-0.3, -0.25) is 9.59 Å². The summed E-state index contributed by atoms with van der Waals surface area (Å²) in [7, 11) is 0. The fraction of sp³-hybridized carbons (Fsp3) is 0.407. The molecule has 0 radical (unpaired) electrons. The summed E-state index contributed by atoms with van der Waals surface area (Å²) in [6, 6.07) is 14.2. The van der Waals surface area contributed by atoms with Crippen molar-refractivity contribution in [2.75, 3.05) is 13.2 Å². The van der Waals surface area contributed by atoms with Gasteiger partial charge in [-0.25, -0.2) is 0 Å². The number of aryl methyl sites for hydroxylation is 1. The molecule has 2 aliphatic heterocycles. The van der Waals surface area contributed by atoms with Crippen LogP contribution in [0.2, 0.25) is 0 Å². The first-order valence-corrected chi connectivity index (χ1v) is 11.6. The molecule has 2 saturated heterocycles. The first kappa shape index (κ1) is 23.1. The molecular weight excluding hydrogens is 418 g/mol. The second kappa shape index (κ2) is 9.79. The second-order valence-electron chi connectivity index (χ2n) is 8.88. The summed E-state index contributed by atoms with van der Waals surface area (Å²) in [6.45, 7) is 6.89. The van der Waals surface area contributed by atoms with Crippen molar-refractivity contribution in [3.8, 4) is 5.75 Å². The molecule has 4 rings (SSSR count). The Labute approximate surface area is 194 Å². The minimum absolute atomic E-state index is 0.0310. The molecule has 6 nitrogen and oxygen atoms in total. The highest BCUT2D eigenvalue weighted by Crippen LogP contribution is 2.40. The van der Waals surface area contributed by atoms with Crippen LogP contribution in [-0.4, -0.2) is 47.1 Å². The number of likely N-dealkylation sites (tertiary alicyclic amines) is 1. The van der Waals surface area contributed by atoms with Crippen LogP contribution in [0, 0.1) is 0 Å². The highest BCUT2D eigenvalue weighted by atomic mass is 16.5. The van der Waals surface area contributed by atoms with Crippen molar-refractivity contribution in [2.24, 2.45) is 0 Å². The number of Topliss-reactive ketones (excluding diaryl/α,β-unsaturated/α-hetero) is 1. The number of carbonyl (C=O) groups excluding carboxylic acids is 2. The average Bonchev–Trinajstić information content (AvgIpc) is 3.41. The van der Waals surface area contributed by atoms with Gasteiger partial charge in [0.15, 0.2) is 0 Å². The maximum absolute atomic E-state index is 13.2. The van der Waals surface area contributed by atoms with Crippen molar-refractivity contribution in [3.63, 3.8) is 0 Å². The Kier molecular flexibility index (Phi) is 6.84. The van der Waals surface area contributed by atoms with Gasteiger partial charge in [-0.2, -0.15) is 0 Å². The van der Waals surface area contributed by atoms with Crippen LogP contribution in [0.15, 0.2) is 54.1 Å². The number of aliphatic hydroxyl groups is 1. The van der Waals surface area contributed by atoms with E-state index in [9.17, 15) is 14.7 Å². The molecule has 2 heterocycles. The summed E-state index contributed by atoms with van der Waals surface area (Å²) in [6.07, 6.45) is 2.53. The van der Waals surface area contributed by atoms with Gasteiger partial charge in [0.2, 0.25) is 0 Å². The normalized spacial score (nSPS) is 22.4. The third-order valence-electron chi connectivity index (χ3n) is 6.15. The van der Waals surface area contributed by atoms with E-state index in [0.29, 0.717) is 24.5 Å². The molecule has 1 N–H and O–H groups in total. The second-order valence-corrected chi connectivity index (χ2v) is 8.88. The standard InChI is InChI=1S/C27H31NO5/c1-4-18-10-12-19(13-11-18)24-23(25(29)20-7-5-8-21(15-20)33-17(2)3)26(30)27(31)28(24)16-22-9-6-14-32-22/h5,7-8,10-13,15,17,22,24,29H,4,6,9,14,16H2,1-3H3/b25-23-. The number of benzene rings is 2. The summed E-state index contributed by atoms with van der Waals surface area (Å²) in [5.41, 5.74) is 2.50. The van der Waals surface area contributed by atoms with Crippen molar-refractivity contribution >= 4 is 17.4 Å². The molecule has 33 heavy (non-hydrogen) atoms. The smallest absolute Gasteiger partial charge is 0.295 e. The zero-order valence-electron chi connectivity index (χ0n) is 19.4. The van der Waals surface area contributed by atoms with Crippen molar-refractivity contribution in [1.82, 2.24) is 4.90 Å². The predicted octanol–water partition coefficient (Wildman–Crippen LogP) is 4.64. The SMILES string of the molecule is CCc1ccc(C2/C(=C(/O)c3cccc(OC(C)C)c3)C(=O)C(=O)N2CC2CCCO2)cc1. The molecule has 0 saturated carbocycles. The van der Waals surface area contributed by atoms with Crippen LogP contribution < -0.4 is 4.74 Å². The number of ketones is 1. The number of hydrogen-bond donors (Lipinski definition) is 1. The summed E-state index contributed by atoms with van der Waals surface area (Å²) >= 11 is 0. The van der Waals surface area contributed by atoms with Crippen LogP contribution in [0.5, 0.6) is 5.75 Å². The van der Waals surface area contributed by atoms with Gasteiger partial charge in [-0.1, -0.05) is 43.3 Å². The Hall–Kier alpha value is -3.12. The lowest BCUT2D eigenvalue weighted by Gasteiger charge is -2.27. The molecule has 2 aromatic carbocycles. The average molecular weight is 450 g/mol. The molecule has 174 valence electrons. The number of aliphatic hydroxyl groups excluding tert-OH is 1. The van der Waals surface area contributed by atoms with E-state index >= 15 is 0 Å². The van der Waals surface area contributed by atoms with Crippen molar-refractivity contribution in [1.29, 1.82) is 0 Å². The van der Waals surface area contributed by atoms with Gasteiger partial charge < -0.3 is 19.5 Å². The van der Waals surface area contributed by atoms with Gasteiger partial charge in [0.25, 0.3) is 11.7 Å². The van der Waals surface area contributed by atoms with Crippen molar-refractivity contribution < 1.29 is 24.2 Å². The summed E-state index contributed by atoms with van der Waals surface area (Å²) in [5.74, 6) is -0.884. The molecule has 0 aliphatic carbocycles. The lowest BCUT2D eigenvalue weighted by Crippen LogP contribution is -2.36. The Morgan fingerprint density at radius 2 is 1.94 bits per heavy atom. The number of ether oxygens (including phenoxy) is 2. The van der Waals surface area contributed by atoms with Crippen LogP contribution in [0.4, 0.5) is 0 Å². The fourth-order valence-corrected chi connectivity index (χ4v) is 4.50. The van der Waals surface area contributed by atoms with Crippen LogP contribution in [0.1, 0.15) is 56.3 Å². The molecule has 2 aliphatic rings. The Balaban J connectivity index is 1.79. The molecule has 2 fully saturated rings. The van der Waals surface area contributed by atoms with Gasteiger partial charge in [-0.05, 0) is 56.4 Å². The van der Waals surface area contributed by atoms with Gasteiger partial charge in [-0.15, -0.1) is 0 Å². The van der Waals surface area contributed by atoms with E-state index < -0.39 is 17.7 Å². The van der Waals surface area contributed by atoms with Gasteiger partial charge in [0.05, 0.1) is 23.8 Å². The molecule has 2 atom stereocenters. The van der Waals surface area contributed by atoms with Gasteiger partial charge >= 0.3 is 0 Å². The summed E-state index contributed by atoms with van der Waals surface area (Å²) in [5, 5.41) is 11.3. The molecule has 6 heteroatoms. The molecule has 0 spiro atoms. The first-order valence-electron chi connectivity index (χ1n) is 11.6. The van der Waals surface area contributed by atoms with E-state index in [4.69, 9.17) is 9.47 Å². The summed E-state index contributed by atoms with van der Waals surface area (Å²) < 4.78 is 11.5. The lowest BCUT2D eigenvalue weighted by atomic mass is 9.94. The topological polar surface area (TPSA) is 76.1 Å². The zero-order chi connectivity index (χ0) is 23.5. The number of carbonyl (C=O) groups is 2. The van der Waals surface area contributed by atoms with Gasteiger partial charge in [0.1, 0.15) is 11.5 Å². The van der Waals surface area contributed by atoms with E-state index in [1.54, 1.807) is 29.2 Å². The predicted molar refractivity (Wildman–Crippen MR) is 126 cm³/mol. The Morgan fingerprint density at radius 3 is 2.58 bits per heavy atom. The molecule has 2 unspecified atom stereocenters. The van der Waals surface area contributed by atoms with E-state index in [2.05, 4.69) is 6.92 Å². The highest BCUT2D eigenvalue weighted by molar-refractivity contribution is 6.46. The van der Waals surface area contributed by atoms with E-state index in [-0.39, 0.29) is 23.5 Å². The number of hydrogen-bond acceptors (Lipinski definition) is 5. The summed E-state index contributed by atoms with van der Waals surface area (Å²) in [4.78, 5) is 27.9. The molecule has 1 amide bonds. The van der Waals surface area contributed by atoms with Crippen LogP contribution in [0.3, 0.4) is 0 Å². The molecular formula is C27H31NO5. The van der Waals surface area contributed by atoms with Gasteiger partial charge in [0, 0.05) is 18.7 Å². The third-order valence-corrected chi connectivity index (χ3v) is 6.15. The third kappa shape index (κ3) is 4.81. The quantitative estimate of drug-likeness (QED) is 0.379. The number of nitrogens with zero attached hydrogens (tertiary/aromatic N) is 1. The molecule has 0 bridgehead atoms. The maximum Gasteiger partial charge on any atom is 0.295 e. The molecule has 0 aromatic heterocycles. The maximum atomic E-state index is 13.2. The van der Waals surface area contributed by atoms with E-state index in [1.807, 2.05) is 38.1 Å². The fourth-order valence-electron chi connectivity index (χ4n) is 4.50. The molecule has 2 aromatic rings. The number of rotatable bonds is 7. The van der Waals surface area contributed by atoms with E-state index in [1.165, 1.54) is 0 Å². The van der Waals surface area contributed by atoms with Crippen molar-refractivity contribution in [2.45, 2.75) is 58.3 Å². The van der Waals surface area contributed by atoms with E-state index in [0.717, 1.165) is 30.4 Å². The minimum atomic E-state index is -0.676. The van der Waals surface area contributed by atoms with Crippen LogP contribution in [-0.2, 0) is 20.7 Å². The van der Waals surface area contributed by atoms with Crippen LogP contribution in [0.25, 0.3) is 5.76 Å². The first-order chi connectivity index (χ1) is 15.9. The zero-order valence-corrected chi connectivity index (χ0v) is 19.4. The minimum Gasteiger partial charge on any atom is -0.507 e. The number of amides is 1. The highest BCUT2D eigenvalue weighted by Gasteiger charge is 2.47. The monoisotopic (exact) mass is 449 g/mol. The lowest BCUT2D eigenvalue weighted by molar-refractivity contribution is -0.140.